The van der Waals surface area contributed by atoms with Gasteiger partial charge in [0, 0.05) is 71.8 Å². The zero-order valence-corrected chi connectivity index (χ0v) is 20.6. The standard InChI is InChI=1S/C18H31N7O2S.HI/c1-18(2)15-25(13-14-28(18,26)27)16(19-3)22-7-8-23-9-11-24(12-10-23)17-20-5-4-6-21-17;/h4-6H,7-15H2,1-3H3,(H,19,22);1H. The molecular weight excluding hydrogens is 505 g/mol. The highest BCUT2D eigenvalue weighted by molar-refractivity contribution is 14.0. The van der Waals surface area contributed by atoms with Gasteiger partial charge in [0.2, 0.25) is 5.95 Å². The number of anilines is 1. The van der Waals surface area contributed by atoms with Crippen LogP contribution in [-0.2, 0) is 9.84 Å². The van der Waals surface area contributed by atoms with Crippen LogP contribution in [0.25, 0.3) is 0 Å². The molecule has 2 aliphatic rings. The fourth-order valence-electron chi connectivity index (χ4n) is 3.61. The molecule has 1 aromatic heterocycles. The first-order valence-corrected chi connectivity index (χ1v) is 11.4. The minimum absolute atomic E-state index is 0. The molecule has 1 aromatic rings. The summed E-state index contributed by atoms with van der Waals surface area (Å²) < 4.78 is 23.7. The highest BCUT2D eigenvalue weighted by Crippen LogP contribution is 2.23. The second-order valence-electron chi connectivity index (χ2n) is 7.85. The number of aromatic nitrogens is 2. The van der Waals surface area contributed by atoms with Gasteiger partial charge in [-0.05, 0) is 19.9 Å². The minimum atomic E-state index is -3.05. The molecule has 0 aromatic carbocycles. The number of hydrogen-bond acceptors (Lipinski definition) is 7. The lowest BCUT2D eigenvalue weighted by molar-refractivity contribution is 0.258. The van der Waals surface area contributed by atoms with Gasteiger partial charge in [-0.3, -0.25) is 9.89 Å². The molecule has 0 aliphatic carbocycles. The first-order chi connectivity index (χ1) is 13.3. The van der Waals surface area contributed by atoms with E-state index in [0.29, 0.717) is 13.1 Å². The summed E-state index contributed by atoms with van der Waals surface area (Å²) >= 11 is 0. The monoisotopic (exact) mass is 537 g/mol. The Hall–Kier alpha value is -1.21. The molecule has 0 atom stereocenters. The highest BCUT2D eigenvalue weighted by atomic mass is 127. The summed E-state index contributed by atoms with van der Waals surface area (Å²) in [6, 6.07) is 1.83. The van der Waals surface area contributed by atoms with E-state index in [-0.39, 0.29) is 29.7 Å². The predicted octanol–water partition coefficient (Wildman–Crippen LogP) is 0.301. The fraction of sp³-hybridized carbons (Fsp3) is 0.722. The Morgan fingerprint density at radius 2 is 1.83 bits per heavy atom. The van der Waals surface area contributed by atoms with Gasteiger partial charge >= 0.3 is 0 Å². The molecule has 3 heterocycles. The SMILES string of the molecule is CN=C(NCCN1CCN(c2ncccn2)CC1)N1CCS(=O)(=O)C(C)(C)C1.I. The normalized spacial score (nSPS) is 22.1. The van der Waals surface area contributed by atoms with Gasteiger partial charge in [-0.15, -0.1) is 24.0 Å². The number of aliphatic imine (C=N–C) groups is 1. The topological polar surface area (TPSA) is 94.0 Å². The molecule has 1 N–H and O–H groups in total. The molecule has 29 heavy (non-hydrogen) atoms. The van der Waals surface area contributed by atoms with Crippen molar-refractivity contribution in [1.82, 2.24) is 25.1 Å². The number of rotatable bonds is 4. The molecule has 3 rings (SSSR count). The van der Waals surface area contributed by atoms with Gasteiger partial charge in [-0.25, -0.2) is 18.4 Å². The van der Waals surface area contributed by atoms with Gasteiger partial charge < -0.3 is 15.1 Å². The van der Waals surface area contributed by atoms with Gasteiger partial charge in [0.05, 0.1) is 10.5 Å². The third-order valence-corrected chi connectivity index (χ3v) is 8.01. The molecule has 2 aliphatic heterocycles. The minimum Gasteiger partial charge on any atom is -0.355 e. The van der Waals surface area contributed by atoms with Gasteiger partial charge in [0.1, 0.15) is 0 Å². The maximum absolute atomic E-state index is 12.2. The third-order valence-electron chi connectivity index (χ3n) is 5.47. The van der Waals surface area contributed by atoms with Crippen molar-refractivity contribution < 1.29 is 8.42 Å². The van der Waals surface area contributed by atoms with E-state index in [2.05, 4.69) is 30.1 Å². The Bertz CT molecular complexity index is 781. The van der Waals surface area contributed by atoms with Crippen molar-refractivity contribution in [1.29, 1.82) is 0 Å². The third kappa shape index (κ3) is 5.91. The van der Waals surface area contributed by atoms with Crippen LogP contribution in [0.3, 0.4) is 0 Å². The fourth-order valence-corrected chi connectivity index (χ4v) is 4.97. The van der Waals surface area contributed by atoms with E-state index in [1.54, 1.807) is 33.3 Å². The van der Waals surface area contributed by atoms with E-state index in [9.17, 15) is 8.42 Å². The quantitative estimate of drug-likeness (QED) is 0.333. The predicted molar refractivity (Wildman–Crippen MR) is 127 cm³/mol. The van der Waals surface area contributed by atoms with Crippen LogP contribution < -0.4 is 10.2 Å². The van der Waals surface area contributed by atoms with Gasteiger partial charge in [-0.2, -0.15) is 0 Å². The number of guanidine groups is 1. The summed E-state index contributed by atoms with van der Waals surface area (Å²) in [5, 5.41) is 3.40. The number of nitrogens with one attached hydrogen (secondary N) is 1. The van der Waals surface area contributed by atoms with E-state index in [1.807, 2.05) is 11.0 Å². The van der Waals surface area contributed by atoms with E-state index in [4.69, 9.17) is 0 Å². The average molecular weight is 537 g/mol. The first kappa shape index (κ1) is 24.1. The van der Waals surface area contributed by atoms with E-state index >= 15 is 0 Å². The lowest BCUT2D eigenvalue weighted by Gasteiger charge is -2.39. The summed E-state index contributed by atoms with van der Waals surface area (Å²) in [7, 11) is -1.30. The molecule has 11 heteroatoms. The van der Waals surface area contributed by atoms with Crippen LogP contribution in [0, 0.1) is 0 Å². The van der Waals surface area contributed by atoms with E-state index in [0.717, 1.165) is 51.2 Å². The number of piperazine rings is 1. The van der Waals surface area contributed by atoms with Crippen molar-refractivity contribution in [2.75, 3.05) is 70.1 Å². The maximum Gasteiger partial charge on any atom is 0.225 e. The lowest BCUT2D eigenvalue weighted by Crippen LogP contribution is -2.58. The molecule has 0 unspecified atom stereocenters. The Morgan fingerprint density at radius 1 is 1.17 bits per heavy atom. The first-order valence-electron chi connectivity index (χ1n) is 9.75. The molecule has 164 valence electrons. The molecule has 9 nitrogen and oxygen atoms in total. The number of sulfone groups is 1. The van der Waals surface area contributed by atoms with Crippen molar-refractivity contribution in [2.45, 2.75) is 18.6 Å². The second kappa shape index (κ2) is 10.2. The molecule has 0 bridgehead atoms. The highest BCUT2D eigenvalue weighted by Gasteiger charge is 2.40. The Morgan fingerprint density at radius 3 is 2.41 bits per heavy atom. The van der Waals surface area contributed by atoms with Gasteiger partial charge in [0.25, 0.3) is 0 Å². The van der Waals surface area contributed by atoms with Crippen molar-refractivity contribution in [2.24, 2.45) is 4.99 Å². The molecule has 0 spiro atoms. The molecule has 0 radical (unpaired) electrons. The van der Waals surface area contributed by atoms with Gasteiger partial charge in [0.15, 0.2) is 15.8 Å². The molecule has 0 saturated carbocycles. The Balaban J connectivity index is 0.00000300. The lowest BCUT2D eigenvalue weighted by atomic mass is 10.2. The van der Waals surface area contributed by atoms with Crippen LogP contribution in [0.2, 0.25) is 0 Å². The summed E-state index contributed by atoms with van der Waals surface area (Å²) in [6.07, 6.45) is 3.55. The summed E-state index contributed by atoms with van der Waals surface area (Å²) in [5.74, 6) is 1.74. The summed E-state index contributed by atoms with van der Waals surface area (Å²) in [5.41, 5.74) is 0. The van der Waals surface area contributed by atoms with E-state index in [1.165, 1.54) is 0 Å². The number of hydrogen-bond donors (Lipinski definition) is 1. The van der Waals surface area contributed by atoms with Crippen LogP contribution in [0.4, 0.5) is 5.95 Å². The van der Waals surface area contributed by atoms with Crippen molar-refractivity contribution >= 4 is 45.7 Å². The zero-order valence-electron chi connectivity index (χ0n) is 17.4. The van der Waals surface area contributed by atoms with E-state index < -0.39 is 14.6 Å². The zero-order chi connectivity index (χ0) is 20.2. The molecule has 2 saturated heterocycles. The van der Waals surface area contributed by atoms with Crippen LogP contribution in [-0.4, -0.2) is 104 Å². The number of halogens is 1. The Kier molecular flexibility index (Phi) is 8.47. The van der Waals surface area contributed by atoms with Crippen LogP contribution in [0.1, 0.15) is 13.8 Å². The van der Waals surface area contributed by atoms with Crippen LogP contribution in [0.5, 0.6) is 0 Å². The smallest absolute Gasteiger partial charge is 0.225 e. The van der Waals surface area contributed by atoms with Crippen molar-refractivity contribution in [3.8, 4) is 0 Å². The Labute approximate surface area is 190 Å². The average Bonchev–Trinajstić information content (AvgIpc) is 2.69. The van der Waals surface area contributed by atoms with Crippen LogP contribution in [0.15, 0.2) is 23.5 Å². The molecule has 0 amide bonds. The number of nitrogens with zero attached hydrogens (tertiary/aromatic N) is 6. The largest absolute Gasteiger partial charge is 0.355 e. The second-order valence-corrected chi connectivity index (χ2v) is 10.6. The molecule has 2 fully saturated rings. The summed E-state index contributed by atoms with van der Waals surface area (Å²) in [6.45, 7) is 9.98. The summed E-state index contributed by atoms with van der Waals surface area (Å²) in [4.78, 5) is 19.6. The van der Waals surface area contributed by atoms with Crippen LogP contribution >= 0.6 is 24.0 Å². The maximum atomic E-state index is 12.2. The molecular formula is C18H32IN7O2S. The van der Waals surface area contributed by atoms with Crippen molar-refractivity contribution in [3.05, 3.63) is 18.5 Å². The van der Waals surface area contributed by atoms with Gasteiger partial charge in [-0.1, -0.05) is 0 Å². The van der Waals surface area contributed by atoms with Crippen molar-refractivity contribution in [3.63, 3.8) is 0 Å².